The minimum Gasteiger partial charge on any atom is -0.464 e. The normalized spacial score (nSPS) is 31.1. The van der Waals surface area contributed by atoms with Crippen LogP contribution in [0.1, 0.15) is 26.2 Å². The molecule has 6 heteroatoms. The molecule has 1 aliphatic carbocycles. The minimum absolute atomic E-state index is 0.0114. The summed E-state index contributed by atoms with van der Waals surface area (Å²) in [5, 5.41) is 2.73. The third kappa shape index (κ3) is 2.99. The predicted octanol–water partition coefficient (Wildman–Crippen LogP) is 1.08. The fourth-order valence-electron chi connectivity index (χ4n) is 2.56. The van der Waals surface area contributed by atoms with Gasteiger partial charge in [-0.2, -0.15) is 0 Å². The quantitative estimate of drug-likeness (QED) is 0.606. The van der Waals surface area contributed by atoms with Gasteiger partial charge in [0.1, 0.15) is 11.3 Å². The van der Waals surface area contributed by atoms with Crippen molar-refractivity contribution in [2.75, 3.05) is 6.61 Å². The van der Waals surface area contributed by atoms with Crippen molar-refractivity contribution in [1.82, 2.24) is 5.32 Å². The Morgan fingerprint density at radius 2 is 2.24 bits per heavy atom. The van der Waals surface area contributed by atoms with Gasteiger partial charge in [0.15, 0.2) is 0 Å². The molecule has 0 aromatic heterocycles. The van der Waals surface area contributed by atoms with Gasteiger partial charge in [-0.25, -0.2) is 4.79 Å². The zero-order valence-corrected chi connectivity index (χ0v) is 12.0. The molecule has 0 aromatic rings. The van der Waals surface area contributed by atoms with Crippen molar-refractivity contribution < 1.29 is 23.9 Å². The molecule has 2 aliphatic rings. The lowest BCUT2D eigenvalue weighted by molar-refractivity contribution is -0.151. The van der Waals surface area contributed by atoms with Crippen molar-refractivity contribution in [3.8, 4) is 0 Å². The summed E-state index contributed by atoms with van der Waals surface area (Å²) in [4.78, 5) is 35.7. The maximum absolute atomic E-state index is 12.3. The van der Waals surface area contributed by atoms with Gasteiger partial charge in [-0.1, -0.05) is 12.7 Å². The van der Waals surface area contributed by atoms with Crippen LogP contribution in [-0.2, 0) is 23.9 Å². The summed E-state index contributed by atoms with van der Waals surface area (Å²) in [6.07, 6.45) is 2.36. The van der Waals surface area contributed by atoms with Crippen LogP contribution < -0.4 is 5.32 Å². The molecule has 1 amide bonds. The van der Waals surface area contributed by atoms with E-state index in [0.717, 1.165) is 0 Å². The molecule has 3 atom stereocenters. The Hall–Kier alpha value is -2.11. The van der Waals surface area contributed by atoms with E-state index in [9.17, 15) is 14.4 Å². The molecule has 1 unspecified atom stereocenters. The number of ether oxygens (including phenoxy) is 2. The van der Waals surface area contributed by atoms with Crippen molar-refractivity contribution in [3.63, 3.8) is 0 Å². The number of amides is 1. The SMILES string of the molecule is C=C[C@@H]1C[C@]1(NC(=O)C1CC(=C)OC(=O)C1)C(=O)OCC. The number of cyclic esters (lactones) is 1. The highest BCUT2D eigenvalue weighted by molar-refractivity contribution is 5.94. The van der Waals surface area contributed by atoms with E-state index < -0.39 is 23.4 Å². The molecular weight excluding hydrogens is 274 g/mol. The average molecular weight is 293 g/mol. The standard InChI is InChI=1S/C15H19NO5/c1-4-11-8-15(11,14(19)20-5-2)16-13(18)10-6-9(3)21-12(17)7-10/h4,10-11H,1,3,5-8H2,2H3,(H,16,18)/t10?,11-,15-/m1/s1. The topological polar surface area (TPSA) is 81.7 Å². The van der Waals surface area contributed by atoms with Gasteiger partial charge in [0.2, 0.25) is 5.91 Å². The maximum Gasteiger partial charge on any atom is 0.332 e. The van der Waals surface area contributed by atoms with E-state index in [1.54, 1.807) is 13.0 Å². The van der Waals surface area contributed by atoms with Crippen LogP contribution in [0.25, 0.3) is 0 Å². The molecule has 2 fully saturated rings. The summed E-state index contributed by atoms with van der Waals surface area (Å²) in [7, 11) is 0. The number of hydrogen-bond acceptors (Lipinski definition) is 5. The van der Waals surface area contributed by atoms with Crippen LogP contribution in [0.3, 0.4) is 0 Å². The number of carbonyl (C=O) groups is 3. The lowest BCUT2D eigenvalue weighted by Crippen LogP contribution is -2.49. The van der Waals surface area contributed by atoms with Crippen molar-refractivity contribution >= 4 is 17.8 Å². The third-order valence-corrected chi connectivity index (χ3v) is 3.80. The van der Waals surface area contributed by atoms with Crippen molar-refractivity contribution in [1.29, 1.82) is 0 Å². The summed E-state index contributed by atoms with van der Waals surface area (Å²) in [5.74, 6) is -1.72. The molecule has 0 bridgehead atoms. The van der Waals surface area contributed by atoms with Gasteiger partial charge < -0.3 is 14.8 Å². The molecular formula is C15H19NO5. The van der Waals surface area contributed by atoms with Gasteiger partial charge in [0.05, 0.1) is 18.9 Å². The summed E-state index contributed by atoms with van der Waals surface area (Å²) < 4.78 is 9.84. The van der Waals surface area contributed by atoms with Gasteiger partial charge in [-0.15, -0.1) is 6.58 Å². The van der Waals surface area contributed by atoms with Crippen molar-refractivity contribution in [2.45, 2.75) is 31.7 Å². The Kier molecular flexibility index (Phi) is 4.16. The number of esters is 2. The van der Waals surface area contributed by atoms with Crippen LogP contribution >= 0.6 is 0 Å². The van der Waals surface area contributed by atoms with E-state index in [1.165, 1.54) is 0 Å². The first kappa shape index (κ1) is 15.3. The number of allylic oxidation sites excluding steroid dienone is 1. The Labute approximate surface area is 123 Å². The second-order valence-corrected chi connectivity index (χ2v) is 5.35. The minimum atomic E-state index is -1.03. The second kappa shape index (κ2) is 5.71. The van der Waals surface area contributed by atoms with E-state index in [1.807, 2.05) is 0 Å². The highest BCUT2D eigenvalue weighted by Gasteiger charge is 2.61. The van der Waals surface area contributed by atoms with E-state index in [2.05, 4.69) is 18.5 Å². The second-order valence-electron chi connectivity index (χ2n) is 5.35. The Bertz CT molecular complexity index is 496. The van der Waals surface area contributed by atoms with Gasteiger partial charge in [0, 0.05) is 12.3 Å². The van der Waals surface area contributed by atoms with Crippen LogP contribution in [0.5, 0.6) is 0 Å². The number of hydrogen-bond donors (Lipinski definition) is 1. The first-order valence-corrected chi connectivity index (χ1v) is 6.93. The van der Waals surface area contributed by atoms with Gasteiger partial charge >= 0.3 is 11.9 Å². The van der Waals surface area contributed by atoms with E-state index in [-0.39, 0.29) is 37.0 Å². The highest BCUT2D eigenvalue weighted by atomic mass is 16.5. The first-order chi connectivity index (χ1) is 9.92. The van der Waals surface area contributed by atoms with E-state index in [0.29, 0.717) is 6.42 Å². The lowest BCUT2D eigenvalue weighted by atomic mass is 9.96. The van der Waals surface area contributed by atoms with Crippen LogP contribution in [0.2, 0.25) is 0 Å². The van der Waals surface area contributed by atoms with Gasteiger partial charge in [-0.05, 0) is 13.3 Å². The van der Waals surface area contributed by atoms with Crippen LogP contribution in [0.15, 0.2) is 25.0 Å². The molecule has 1 N–H and O–H groups in total. The predicted molar refractivity (Wildman–Crippen MR) is 73.8 cm³/mol. The Morgan fingerprint density at radius 1 is 1.52 bits per heavy atom. The van der Waals surface area contributed by atoms with E-state index >= 15 is 0 Å². The highest BCUT2D eigenvalue weighted by Crippen LogP contribution is 2.45. The molecule has 1 heterocycles. The number of rotatable bonds is 5. The largest absolute Gasteiger partial charge is 0.464 e. The molecule has 0 aromatic carbocycles. The van der Waals surface area contributed by atoms with Gasteiger partial charge in [-0.3, -0.25) is 9.59 Å². The number of nitrogens with one attached hydrogen (secondary N) is 1. The molecule has 0 radical (unpaired) electrons. The average Bonchev–Trinajstić information content (AvgIpc) is 3.12. The Balaban J connectivity index is 2.06. The van der Waals surface area contributed by atoms with E-state index in [4.69, 9.17) is 9.47 Å². The molecule has 1 saturated heterocycles. The molecule has 1 aliphatic heterocycles. The third-order valence-electron chi connectivity index (χ3n) is 3.80. The zero-order chi connectivity index (χ0) is 15.6. The van der Waals surface area contributed by atoms with Crippen LogP contribution in [-0.4, -0.2) is 30.0 Å². The first-order valence-electron chi connectivity index (χ1n) is 6.93. The van der Waals surface area contributed by atoms with Gasteiger partial charge in [0.25, 0.3) is 0 Å². The smallest absolute Gasteiger partial charge is 0.332 e. The monoisotopic (exact) mass is 293 g/mol. The number of carbonyl (C=O) groups excluding carboxylic acids is 3. The molecule has 0 spiro atoms. The Morgan fingerprint density at radius 3 is 2.76 bits per heavy atom. The summed E-state index contributed by atoms with van der Waals surface area (Å²) in [5.41, 5.74) is -1.03. The molecule has 1 saturated carbocycles. The summed E-state index contributed by atoms with van der Waals surface area (Å²) in [6, 6.07) is 0. The lowest BCUT2D eigenvalue weighted by Gasteiger charge is -2.25. The van der Waals surface area contributed by atoms with Crippen molar-refractivity contribution in [2.24, 2.45) is 11.8 Å². The maximum atomic E-state index is 12.3. The molecule has 2 rings (SSSR count). The fraction of sp³-hybridized carbons (Fsp3) is 0.533. The molecule has 21 heavy (non-hydrogen) atoms. The van der Waals surface area contributed by atoms with Crippen LogP contribution in [0, 0.1) is 11.8 Å². The molecule has 6 nitrogen and oxygen atoms in total. The zero-order valence-electron chi connectivity index (χ0n) is 12.0. The summed E-state index contributed by atoms with van der Waals surface area (Å²) >= 11 is 0. The molecule has 114 valence electrons. The fourth-order valence-corrected chi connectivity index (χ4v) is 2.56. The van der Waals surface area contributed by atoms with Crippen molar-refractivity contribution in [3.05, 3.63) is 25.0 Å². The van der Waals surface area contributed by atoms with Crippen LogP contribution in [0.4, 0.5) is 0 Å². The summed E-state index contributed by atoms with van der Waals surface area (Å²) in [6.45, 7) is 9.18.